The van der Waals surface area contributed by atoms with E-state index in [9.17, 15) is 18.0 Å². The molecule has 7 nitrogen and oxygen atoms in total. The Morgan fingerprint density at radius 3 is 2.51 bits per heavy atom. The molecular formula is C23H18Cl2F3N3O4. The van der Waals surface area contributed by atoms with E-state index in [1.54, 1.807) is 24.3 Å². The first-order valence-electron chi connectivity index (χ1n) is 9.83. The molecule has 0 aliphatic carbocycles. The number of carbonyl (C=O) groups excluding carboxylic acids is 1. The summed E-state index contributed by atoms with van der Waals surface area (Å²) in [6.45, 7) is -0.222. The average molecular weight is 528 g/mol. The highest BCUT2D eigenvalue weighted by Crippen LogP contribution is 2.33. The number of esters is 1. The standard InChI is InChI=1S/C23H18Cl2F3N3O4/c1-33-12-16(21(32)34-2)15-6-4-3-5-13(15)11-35-20-10-19(23(26,27)28)30-22(31-20)29-18-9-14(24)7-8-17(18)25/h3-10,12H,11H2,1-2H3,(H,29,30,31)/b16-12+. The number of rotatable bonds is 8. The van der Waals surface area contributed by atoms with Crippen LogP contribution in [-0.4, -0.2) is 30.2 Å². The SMILES string of the molecule is CO/C=C(/C(=O)OC)c1ccccc1COc1cc(C(F)(F)F)nc(Nc2cc(Cl)ccc2Cl)n1. The molecule has 12 heteroatoms. The Morgan fingerprint density at radius 2 is 1.83 bits per heavy atom. The minimum absolute atomic E-state index is 0.103. The van der Waals surface area contributed by atoms with Gasteiger partial charge in [-0.05, 0) is 29.3 Å². The summed E-state index contributed by atoms with van der Waals surface area (Å²) in [4.78, 5) is 19.7. The highest BCUT2D eigenvalue weighted by molar-refractivity contribution is 6.35. The van der Waals surface area contributed by atoms with Gasteiger partial charge in [-0.3, -0.25) is 0 Å². The number of nitrogens with zero attached hydrogens (tertiary/aromatic N) is 2. The first-order chi connectivity index (χ1) is 16.6. The molecule has 1 aromatic heterocycles. The summed E-state index contributed by atoms with van der Waals surface area (Å²) in [5, 5.41) is 3.14. The number of anilines is 2. The number of aromatic nitrogens is 2. The number of methoxy groups -OCH3 is 2. The van der Waals surface area contributed by atoms with Gasteiger partial charge in [-0.1, -0.05) is 47.5 Å². The molecule has 3 aromatic rings. The molecule has 0 amide bonds. The quantitative estimate of drug-likeness (QED) is 0.209. The lowest BCUT2D eigenvalue weighted by atomic mass is 10.0. The Kier molecular flexibility index (Phi) is 8.42. The summed E-state index contributed by atoms with van der Waals surface area (Å²) in [7, 11) is 2.58. The zero-order valence-electron chi connectivity index (χ0n) is 18.3. The number of hydrogen-bond donors (Lipinski definition) is 1. The van der Waals surface area contributed by atoms with Crippen LogP contribution >= 0.6 is 23.2 Å². The number of carbonyl (C=O) groups is 1. The second-order valence-electron chi connectivity index (χ2n) is 6.87. The van der Waals surface area contributed by atoms with Crippen LogP contribution in [0, 0.1) is 0 Å². The molecule has 0 saturated carbocycles. The van der Waals surface area contributed by atoms with E-state index >= 15 is 0 Å². The third-order valence-electron chi connectivity index (χ3n) is 4.49. The minimum Gasteiger partial charge on any atom is -0.503 e. The first-order valence-corrected chi connectivity index (χ1v) is 10.6. The third-order valence-corrected chi connectivity index (χ3v) is 5.06. The summed E-state index contributed by atoms with van der Waals surface area (Å²) in [6, 6.07) is 11.7. The van der Waals surface area contributed by atoms with Crippen LogP contribution in [0.15, 0.2) is 54.8 Å². The van der Waals surface area contributed by atoms with Crippen LogP contribution in [0.3, 0.4) is 0 Å². The summed E-state index contributed by atoms with van der Waals surface area (Å²) >= 11 is 12.0. The van der Waals surface area contributed by atoms with Gasteiger partial charge in [0.1, 0.15) is 12.2 Å². The molecule has 0 fully saturated rings. The van der Waals surface area contributed by atoms with Gasteiger partial charge in [0.25, 0.3) is 0 Å². The lowest BCUT2D eigenvalue weighted by Crippen LogP contribution is -2.12. The summed E-state index contributed by atoms with van der Waals surface area (Å²) in [5.74, 6) is -1.43. The molecule has 0 aliphatic rings. The Balaban J connectivity index is 1.94. The van der Waals surface area contributed by atoms with Crippen molar-refractivity contribution in [1.29, 1.82) is 0 Å². The Morgan fingerprint density at radius 1 is 1.09 bits per heavy atom. The van der Waals surface area contributed by atoms with Crippen molar-refractivity contribution in [3.05, 3.63) is 81.7 Å². The molecule has 0 saturated heterocycles. The maximum Gasteiger partial charge on any atom is 0.433 e. The van der Waals surface area contributed by atoms with Crippen molar-refractivity contribution in [3.8, 4) is 5.88 Å². The summed E-state index contributed by atoms with van der Waals surface area (Å²) in [6.07, 6.45) is -3.57. The Bertz CT molecular complexity index is 1250. The maximum absolute atomic E-state index is 13.5. The first kappa shape index (κ1) is 26.1. The zero-order chi connectivity index (χ0) is 25.6. The van der Waals surface area contributed by atoms with E-state index in [0.717, 1.165) is 0 Å². The fraction of sp³-hybridized carbons (Fsp3) is 0.174. The fourth-order valence-electron chi connectivity index (χ4n) is 2.92. The Labute approximate surface area is 208 Å². The summed E-state index contributed by atoms with van der Waals surface area (Å²) < 4.78 is 55.8. The maximum atomic E-state index is 13.5. The van der Waals surface area contributed by atoms with Crippen molar-refractivity contribution in [3.63, 3.8) is 0 Å². The molecule has 0 unspecified atom stereocenters. The fourth-order valence-corrected chi connectivity index (χ4v) is 3.26. The van der Waals surface area contributed by atoms with E-state index in [-0.39, 0.29) is 28.8 Å². The van der Waals surface area contributed by atoms with Crippen LogP contribution in [0.1, 0.15) is 16.8 Å². The number of halogens is 5. The molecule has 2 aromatic carbocycles. The van der Waals surface area contributed by atoms with Crippen molar-refractivity contribution in [1.82, 2.24) is 9.97 Å². The molecule has 1 heterocycles. The normalized spacial score (nSPS) is 11.7. The number of alkyl halides is 3. The predicted molar refractivity (Wildman–Crippen MR) is 125 cm³/mol. The molecule has 0 spiro atoms. The molecule has 0 aliphatic heterocycles. The number of ether oxygens (including phenoxy) is 3. The monoisotopic (exact) mass is 527 g/mol. The topological polar surface area (TPSA) is 82.6 Å². The lowest BCUT2D eigenvalue weighted by Gasteiger charge is -2.15. The van der Waals surface area contributed by atoms with Crippen molar-refractivity contribution >= 4 is 46.4 Å². The van der Waals surface area contributed by atoms with Crippen molar-refractivity contribution in [2.24, 2.45) is 0 Å². The van der Waals surface area contributed by atoms with Gasteiger partial charge in [0, 0.05) is 11.1 Å². The lowest BCUT2D eigenvalue weighted by molar-refractivity contribution is -0.141. The van der Waals surface area contributed by atoms with Gasteiger partial charge in [-0.15, -0.1) is 0 Å². The van der Waals surface area contributed by atoms with Gasteiger partial charge in [0.05, 0.1) is 31.2 Å². The molecule has 184 valence electrons. The van der Waals surface area contributed by atoms with Crippen molar-refractivity contribution in [2.75, 3.05) is 19.5 Å². The van der Waals surface area contributed by atoms with Gasteiger partial charge < -0.3 is 19.5 Å². The van der Waals surface area contributed by atoms with Crippen LogP contribution in [0.4, 0.5) is 24.8 Å². The second kappa shape index (κ2) is 11.3. The molecular weight excluding hydrogens is 510 g/mol. The van der Waals surface area contributed by atoms with Gasteiger partial charge in [0.2, 0.25) is 11.8 Å². The number of benzene rings is 2. The largest absolute Gasteiger partial charge is 0.503 e. The highest BCUT2D eigenvalue weighted by atomic mass is 35.5. The second-order valence-corrected chi connectivity index (χ2v) is 7.71. The van der Waals surface area contributed by atoms with Crippen molar-refractivity contribution in [2.45, 2.75) is 12.8 Å². The summed E-state index contributed by atoms with van der Waals surface area (Å²) in [5.41, 5.74) is -0.0323. The Hall–Kier alpha value is -3.50. The van der Waals surface area contributed by atoms with E-state index in [4.69, 9.17) is 37.4 Å². The van der Waals surface area contributed by atoms with Gasteiger partial charge in [-0.25, -0.2) is 9.78 Å². The molecule has 0 atom stereocenters. The molecule has 0 radical (unpaired) electrons. The van der Waals surface area contributed by atoms with E-state index in [2.05, 4.69) is 15.3 Å². The molecule has 1 N–H and O–H groups in total. The highest BCUT2D eigenvalue weighted by Gasteiger charge is 2.34. The molecule has 35 heavy (non-hydrogen) atoms. The van der Waals surface area contributed by atoms with E-state index in [1.807, 2.05) is 0 Å². The number of nitrogens with one attached hydrogen (secondary N) is 1. The van der Waals surface area contributed by atoms with Crippen LogP contribution in [-0.2, 0) is 27.1 Å². The molecule has 0 bridgehead atoms. The van der Waals surface area contributed by atoms with Gasteiger partial charge in [0.15, 0.2) is 5.69 Å². The zero-order valence-corrected chi connectivity index (χ0v) is 19.8. The van der Waals surface area contributed by atoms with Crippen LogP contribution < -0.4 is 10.1 Å². The third kappa shape index (κ3) is 6.77. The van der Waals surface area contributed by atoms with Crippen molar-refractivity contribution < 1.29 is 32.2 Å². The van der Waals surface area contributed by atoms with Gasteiger partial charge >= 0.3 is 12.1 Å². The van der Waals surface area contributed by atoms with Crippen LogP contribution in [0.2, 0.25) is 10.0 Å². The van der Waals surface area contributed by atoms with E-state index in [0.29, 0.717) is 22.2 Å². The predicted octanol–water partition coefficient (Wildman–Crippen LogP) is 6.29. The number of hydrogen-bond acceptors (Lipinski definition) is 7. The van der Waals surface area contributed by atoms with Crippen LogP contribution in [0.5, 0.6) is 5.88 Å². The smallest absolute Gasteiger partial charge is 0.433 e. The average Bonchev–Trinajstić information content (AvgIpc) is 2.82. The van der Waals surface area contributed by atoms with E-state index < -0.39 is 23.8 Å². The van der Waals surface area contributed by atoms with Crippen LogP contribution in [0.25, 0.3) is 5.57 Å². The molecule has 3 rings (SSSR count). The minimum atomic E-state index is -4.77. The van der Waals surface area contributed by atoms with Gasteiger partial charge in [-0.2, -0.15) is 18.2 Å². The van der Waals surface area contributed by atoms with E-state index in [1.165, 1.54) is 38.7 Å².